The average molecular weight is 500 g/mol. The van der Waals surface area contributed by atoms with Gasteiger partial charge in [-0.1, -0.05) is 44.7 Å². The third-order valence-corrected chi connectivity index (χ3v) is 5.39. The molecule has 5 nitrogen and oxygen atoms in total. The zero-order chi connectivity index (χ0) is 26.2. The predicted octanol–water partition coefficient (Wildman–Crippen LogP) is 6.26. The van der Waals surface area contributed by atoms with Crippen LogP contribution in [0.5, 0.6) is 5.75 Å². The third kappa shape index (κ3) is 8.53. The standard InChI is InChI=1S/C25H26F2N3O2P.C2H6/c1-16(28-18(3)31)7-5-6-8-21-13-20-15-30(24(33)23(20)17(2)29-21)14-19-9-11-22(12-10-19)32-25(4,26)27;1-2/h5-13,33H,1,14-15H2,2-4H3,(H,28,31);1-2H3/b7-5-,8-6+;. The number of hydrogen-bond donors (Lipinski definition) is 1. The summed E-state index contributed by atoms with van der Waals surface area (Å²) in [6, 6.07) is 8.70. The van der Waals surface area contributed by atoms with E-state index >= 15 is 0 Å². The minimum absolute atomic E-state index is 0.129. The van der Waals surface area contributed by atoms with Gasteiger partial charge in [-0.05, 0) is 48.4 Å². The topological polar surface area (TPSA) is 54.5 Å². The van der Waals surface area contributed by atoms with Crippen LogP contribution < -0.4 is 10.1 Å². The monoisotopic (exact) mass is 499 g/mol. The molecule has 186 valence electrons. The van der Waals surface area contributed by atoms with E-state index in [1.807, 2.05) is 39.0 Å². The van der Waals surface area contributed by atoms with Crippen LogP contribution in [0.15, 0.2) is 60.8 Å². The maximum absolute atomic E-state index is 13.0. The first kappa shape index (κ1) is 28.1. The van der Waals surface area contributed by atoms with Crippen molar-refractivity contribution in [3.05, 3.63) is 88.9 Å². The van der Waals surface area contributed by atoms with Crippen molar-refractivity contribution in [2.24, 2.45) is 0 Å². The molecule has 0 saturated carbocycles. The minimum atomic E-state index is -3.21. The summed E-state index contributed by atoms with van der Waals surface area (Å²) in [6.07, 6.45) is 4.03. The fourth-order valence-corrected chi connectivity index (χ4v) is 4.06. The molecular formula is C27H32F2N3O2P. The first-order valence-corrected chi connectivity index (χ1v) is 11.8. The second kappa shape index (κ2) is 12.5. The number of rotatable bonds is 8. The Labute approximate surface area is 208 Å². The van der Waals surface area contributed by atoms with Crippen LogP contribution in [-0.4, -0.2) is 27.3 Å². The second-order valence-electron chi connectivity index (χ2n) is 7.85. The number of carbonyl (C=O) groups excluding carboxylic acids is 1. The van der Waals surface area contributed by atoms with Crippen molar-refractivity contribution in [2.45, 2.75) is 53.8 Å². The van der Waals surface area contributed by atoms with Gasteiger partial charge < -0.3 is 10.1 Å². The van der Waals surface area contributed by atoms with Gasteiger partial charge in [0, 0.05) is 49.3 Å². The SMILES string of the molecule is C=C(/C=C\C=C\c1cc2c(c(C)n1)C(=P)N(Cc1ccc(OC(C)(F)F)cc1)C2)NC(C)=O.CC. The first-order chi connectivity index (χ1) is 16.5. The molecule has 0 atom stereocenters. The van der Waals surface area contributed by atoms with Crippen molar-refractivity contribution in [2.75, 3.05) is 0 Å². The summed E-state index contributed by atoms with van der Waals surface area (Å²) in [4.78, 5) is 17.8. The lowest BCUT2D eigenvalue weighted by Gasteiger charge is -2.17. The molecule has 0 spiro atoms. The van der Waals surface area contributed by atoms with Crippen LogP contribution in [0.25, 0.3) is 6.08 Å². The fourth-order valence-electron chi connectivity index (χ4n) is 3.56. The molecule has 0 fully saturated rings. The van der Waals surface area contributed by atoms with Crippen LogP contribution in [0.1, 0.15) is 55.8 Å². The van der Waals surface area contributed by atoms with E-state index in [4.69, 9.17) is 0 Å². The molecule has 1 aromatic heterocycles. The van der Waals surface area contributed by atoms with Gasteiger partial charge in [0.15, 0.2) is 0 Å². The highest BCUT2D eigenvalue weighted by molar-refractivity contribution is 7.22. The number of carbonyl (C=O) groups is 1. The smallest absolute Gasteiger partial charge is 0.394 e. The molecule has 2 aromatic rings. The summed E-state index contributed by atoms with van der Waals surface area (Å²) in [5.74, 6) is -0.0350. The van der Waals surface area contributed by atoms with Crippen LogP contribution in [-0.2, 0) is 17.9 Å². The number of pyridine rings is 1. The van der Waals surface area contributed by atoms with E-state index in [0.29, 0.717) is 25.7 Å². The Morgan fingerprint density at radius 2 is 1.94 bits per heavy atom. The van der Waals surface area contributed by atoms with Gasteiger partial charge >= 0.3 is 6.11 Å². The van der Waals surface area contributed by atoms with Crippen molar-refractivity contribution < 1.29 is 18.3 Å². The van der Waals surface area contributed by atoms with Gasteiger partial charge in [-0.3, -0.25) is 14.7 Å². The number of amides is 1. The predicted molar refractivity (Wildman–Crippen MR) is 141 cm³/mol. The van der Waals surface area contributed by atoms with E-state index in [0.717, 1.165) is 33.5 Å². The summed E-state index contributed by atoms with van der Waals surface area (Å²) in [6.45, 7) is 13.2. The Morgan fingerprint density at radius 3 is 2.54 bits per heavy atom. The third-order valence-electron chi connectivity index (χ3n) is 4.82. The second-order valence-corrected chi connectivity index (χ2v) is 8.32. The summed E-state index contributed by atoms with van der Waals surface area (Å²) in [5.41, 5.74) is 6.36. The molecule has 1 aliphatic rings. The molecule has 0 radical (unpaired) electrons. The van der Waals surface area contributed by atoms with E-state index in [1.54, 1.807) is 36.4 Å². The summed E-state index contributed by atoms with van der Waals surface area (Å²) >= 11 is 0. The molecular weight excluding hydrogens is 467 g/mol. The average Bonchev–Trinajstić information content (AvgIpc) is 3.08. The lowest BCUT2D eigenvalue weighted by Crippen LogP contribution is -2.22. The zero-order valence-electron chi connectivity index (χ0n) is 20.8. The van der Waals surface area contributed by atoms with Crippen LogP contribution in [0.3, 0.4) is 0 Å². The van der Waals surface area contributed by atoms with Crippen molar-refractivity contribution in [1.29, 1.82) is 0 Å². The van der Waals surface area contributed by atoms with E-state index in [-0.39, 0.29) is 11.7 Å². The Hall–Kier alpha value is -3.15. The number of benzene rings is 1. The maximum atomic E-state index is 13.0. The molecule has 1 aromatic carbocycles. The molecule has 8 heteroatoms. The summed E-state index contributed by atoms with van der Waals surface area (Å²) in [5, 5.41) is 2.60. The molecule has 1 aliphatic heterocycles. The summed E-state index contributed by atoms with van der Waals surface area (Å²) < 4.78 is 30.6. The molecule has 0 bridgehead atoms. The highest BCUT2D eigenvalue weighted by Gasteiger charge is 2.27. The van der Waals surface area contributed by atoms with E-state index in [1.165, 1.54) is 6.92 Å². The molecule has 1 N–H and O–H groups in total. The molecule has 0 unspecified atom stereocenters. The van der Waals surface area contributed by atoms with E-state index < -0.39 is 6.11 Å². The van der Waals surface area contributed by atoms with E-state index in [2.05, 4.69) is 35.4 Å². The molecule has 0 saturated heterocycles. The Balaban J connectivity index is 0.00000210. The normalized spacial score (nSPS) is 13.5. The van der Waals surface area contributed by atoms with Crippen LogP contribution >= 0.6 is 8.86 Å². The Kier molecular flexibility index (Phi) is 10.1. The minimum Gasteiger partial charge on any atom is -0.433 e. The van der Waals surface area contributed by atoms with Gasteiger partial charge in [-0.25, -0.2) is 0 Å². The zero-order valence-corrected chi connectivity index (χ0v) is 21.8. The number of halogens is 2. The Bertz CT molecular complexity index is 1140. The lowest BCUT2D eigenvalue weighted by atomic mass is 10.1. The number of alkyl halides is 2. The fraction of sp³-hybridized carbons (Fsp3) is 0.296. The number of ether oxygens (including phenoxy) is 1. The maximum Gasteiger partial charge on any atom is 0.394 e. The number of hydrogen-bond acceptors (Lipinski definition) is 3. The first-order valence-electron chi connectivity index (χ1n) is 11.3. The molecule has 3 rings (SSSR count). The van der Waals surface area contributed by atoms with Gasteiger partial charge in [0.05, 0.1) is 5.69 Å². The largest absolute Gasteiger partial charge is 0.433 e. The van der Waals surface area contributed by atoms with Crippen molar-refractivity contribution in [3.8, 4) is 5.75 Å². The lowest BCUT2D eigenvalue weighted by molar-refractivity contribution is -0.158. The quantitative estimate of drug-likeness (QED) is 0.344. The van der Waals surface area contributed by atoms with Crippen LogP contribution in [0, 0.1) is 6.92 Å². The Morgan fingerprint density at radius 1 is 1.29 bits per heavy atom. The highest BCUT2D eigenvalue weighted by Crippen LogP contribution is 2.29. The highest BCUT2D eigenvalue weighted by atomic mass is 31.0. The van der Waals surface area contributed by atoms with Gasteiger partial charge in [-0.2, -0.15) is 8.78 Å². The van der Waals surface area contributed by atoms with Crippen LogP contribution in [0.2, 0.25) is 0 Å². The molecule has 2 heterocycles. The summed E-state index contributed by atoms with van der Waals surface area (Å²) in [7, 11) is 3.76. The van der Waals surface area contributed by atoms with E-state index in [9.17, 15) is 13.6 Å². The van der Waals surface area contributed by atoms with Gasteiger partial charge in [0.1, 0.15) is 5.75 Å². The number of aromatic nitrogens is 1. The number of nitrogens with zero attached hydrogens (tertiary/aromatic N) is 2. The van der Waals surface area contributed by atoms with Crippen LogP contribution in [0.4, 0.5) is 8.78 Å². The number of allylic oxidation sites excluding steroid dienone is 3. The number of aryl methyl sites for hydroxylation is 1. The molecule has 35 heavy (non-hydrogen) atoms. The van der Waals surface area contributed by atoms with Crippen molar-refractivity contribution in [1.82, 2.24) is 15.2 Å². The van der Waals surface area contributed by atoms with Gasteiger partial charge in [-0.15, -0.1) is 8.86 Å². The number of fused-ring (bicyclic) bond motifs is 1. The molecule has 1 amide bonds. The molecule has 0 aliphatic carbocycles. The van der Waals surface area contributed by atoms with Crippen molar-refractivity contribution in [3.63, 3.8) is 0 Å². The van der Waals surface area contributed by atoms with Crippen molar-refractivity contribution >= 4 is 26.3 Å². The van der Waals surface area contributed by atoms with Gasteiger partial charge in [0.25, 0.3) is 0 Å². The van der Waals surface area contributed by atoms with Gasteiger partial charge in [0.2, 0.25) is 5.91 Å². The number of nitrogens with one attached hydrogen (secondary N) is 1.